The van der Waals surface area contributed by atoms with Crippen molar-refractivity contribution in [2.45, 2.75) is 19.1 Å². The van der Waals surface area contributed by atoms with Crippen LogP contribution in [0.15, 0.2) is 34.2 Å². The van der Waals surface area contributed by atoms with Crippen molar-refractivity contribution >= 4 is 50.8 Å². The van der Waals surface area contributed by atoms with Crippen LogP contribution in [0, 0.1) is 6.92 Å². The summed E-state index contributed by atoms with van der Waals surface area (Å²) in [5.41, 5.74) is 10.2. The number of oxime groups is 1. The Balaban J connectivity index is 2.16. The molecule has 0 radical (unpaired) electrons. The van der Waals surface area contributed by atoms with Gasteiger partial charge in [0.2, 0.25) is 21.9 Å². The SMILES string of the molecule is Cc1cc(CC(=O)NCCON=C(N)N)c(NS(=O)(=O)Cc2cccc(Cl)c2Cl)c(=O)[nH]1. The standard InChI is InChI=1S/C18H22Cl2N6O5S/c1-10-7-12(8-14(27)23-5-6-31-25-18(21)22)16(17(28)24-10)26-32(29,30)9-11-3-2-4-13(19)15(11)20/h2-4,7,26H,5-6,8-9H2,1H3,(H,23,27)(H,24,28)(H4,21,22,25). The fourth-order valence-electron chi connectivity index (χ4n) is 2.66. The van der Waals surface area contributed by atoms with Crippen LogP contribution in [0.1, 0.15) is 16.8 Å². The molecule has 0 fully saturated rings. The molecule has 11 nitrogen and oxygen atoms in total. The van der Waals surface area contributed by atoms with E-state index in [0.29, 0.717) is 5.69 Å². The Labute approximate surface area is 194 Å². The summed E-state index contributed by atoms with van der Waals surface area (Å²) in [6, 6.07) is 6.09. The second-order valence-corrected chi connectivity index (χ2v) is 9.14. The van der Waals surface area contributed by atoms with E-state index in [-0.39, 0.29) is 52.4 Å². The zero-order chi connectivity index (χ0) is 23.9. The molecule has 1 aromatic carbocycles. The van der Waals surface area contributed by atoms with E-state index >= 15 is 0 Å². The third-order valence-corrected chi connectivity index (χ3v) is 5.98. The third-order valence-electron chi connectivity index (χ3n) is 3.92. The highest BCUT2D eigenvalue weighted by Crippen LogP contribution is 2.27. The zero-order valence-electron chi connectivity index (χ0n) is 16.9. The predicted octanol–water partition coefficient (Wildman–Crippen LogP) is 0.796. The molecule has 0 aliphatic rings. The van der Waals surface area contributed by atoms with Crippen molar-refractivity contribution in [3.63, 3.8) is 0 Å². The Kier molecular flexibility index (Phi) is 8.75. The number of halogens is 2. The van der Waals surface area contributed by atoms with E-state index in [9.17, 15) is 18.0 Å². The summed E-state index contributed by atoms with van der Waals surface area (Å²) in [6.07, 6.45) is -0.261. The fourth-order valence-corrected chi connectivity index (χ4v) is 4.38. The van der Waals surface area contributed by atoms with Crippen LogP contribution in [0.3, 0.4) is 0 Å². The van der Waals surface area contributed by atoms with Crippen molar-refractivity contribution in [2.75, 3.05) is 17.9 Å². The van der Waals surface area contributed by atoms with E-state index in [1.807, 2.05) is 0 Å². The molecule has 0 unspecified atom stereocenters. The number of carbonyl (C=O) groups excluding carboxylic acids is 1. The van der Waals surface area contributed by atoms with Gasteiger partial charge in [0, 0.05) is 5.69 Å². The van der Waals surface area contributed by atoms with E-state index in [0.717, 1.165) is 0 Å². The fraction of sp³-hybridized carbons (Fsp3) is 0.278. The summed E-state index contributed by atoms with van der Waals surface area (Å²) in [4.78, 5) is 32.0. The zero-order valence-corrected chi connectivity index (χ0v) is 19.3. The minimum Gasteiger partial charge on any atom is -0.391 e. The number of guanidine groups is 1. The summed E-state index contributed by atoms with van der Waals surface area (Å²) >= 11 is 12.0. The highest BCUT2D eigenvalue weighted by atomic mass is 35.5. The van der Waals surface area contributed by atoms with Crippen LogP contribution in [-0.4, -0.2) is 38.4 Å². The molecule has 32 heavy (non-hydrogen) atoms. The van der Waals surface area contributed by atoms with Crippen LogP contribution in [0.5, 0.6) is 0 Å². The molecule has 0 saturated carbocycles. The van der Waals surface area contributed by atoms with Crippen LogP contribution in [0.25, 0.3) is 0 Å². The Bertz CT molecular complexity index is 1180. The number of rotatable bonds is 10. The topological polar surface area (TPSA) is 182 Å². The van der Waals surface area contributed by atoms with Gasteiger partial charge >= 0.3 is 0 Å². The molecule has 1 amide bonds. The van der Waals surface area contributed by atoms with Crippen molar-refractivity contribution in [1.29, 1.82) is 0 Å². The van der Waals surface area contributed by atoms with Gasteiger partial charge < -0.3 is 26.6 Å². The van der Waals surface area contributed by atoms with Crippen LogP contribution < -0.4 is 27.1 Å². The number of carbonyl (C=O) groups is 1. The van der Waals surface area contributed by atoms with Crippen molar-refractivity contribution in [2.24, 2.45) is 16.6 Å². The number of amides is 1. The number of nitrogens with two attached hydrogens (primary N) is 2. The maximum atomic E-state index is 12.7. The molecule has 0 aliphatic heterocycles. The maximum absolute atomic E-state index is 12.7. The normalized spacial score (nSPS) is 11.0. The lowest BCUT2D eigenvalue weighted by Crippen LogP contribution is -2.30. The number of H-pyrrole nitrogens is 1. The summed E-state index contributed by atoms with van der Waals surface area (Å²) in [6.45, 7) is 1.71. The molecule has 0 aliphatic carbocycles. The minimum absolute atomic E-state index is 0.0118. The summed E-state index contributed by atoms with van der Waals surface area (Å²) < 4.78 is 27.6. The Morgan fingerprint density at radius 1 is 1.25 bits per heavy atom. The van der Waals surface area contributed by atoms with Gasteiger partial charge in [-0.3, -0.25) is 14.3 Å². The first-order valence-electron chi connectivity index (χ1n) is 9.12. The molecule has 2 aromatic rings. The van der Waals surface area contributed by atoms with Crippen molar-refractivity contribution in [3.05, 3.63) is 61.5 Å². The van der Waals surface area contributed by atoms with Gasteiger partial charge in [0.05, 0.1) is 28.8 Å². The van der Waals surface area contributed by atoms with Crippen LogP contribution >= 0.6 is 23.2 Å². The first-order chi connectivity index (χ1) is 15.0. The van der Waals surface area contributed by atoms with Gasteiger partial charge in [0.1, 0.15) is 12.3 Å². The van der Waals surface area contributed by atoms with Crippen LogP contribution in [0.2, 0.25) is 10.0 Å². The molecular weight excluding hydrogens is 483 g/mol. The Hall–Kier alpha value is -2.96. The number of hydrogen-bond acceptors (Lipinski definition) is 6. The summed E-state index contributed by atoms with van der Waals surface area (Å²) in [5, 5.41) is 6.16. The quantitative estimate of drug-likeness (QED) is 0.137. The molecule has 2 rings (SSSR count). The number of aryl methyl sites for hydroxylation is 1. The van der Waals surface area contributed by atoms with Gasteiger partial charge in [-0.25, -0.2) is 8.42 Å². The molecule has 1 heterocycles. The Morgan fingerprint density at radius 2 is 1.97 bits per heavy atom. The van der Waals surface area contributed by atoms with Crippen molar-refractivity contribution in [3.8, 4) is 0 Å². The second-order valence-electron chi connectivity index (χ2n) is 6.63. The third kappa shape index (κ3) is 7.62. The maximum Gasteiger partial charge on any atom is 0.272 e. The molecular formula is C18H22Cl2N6O5S. The summed E-state index contributed by atoms with van der Waals surface area (Å²) in [7, 11) is -4.06. The van der Waals surface area contributed by atoms with Gasteiger partial charge in [-0.15, -0.1) is 0 Å². The van der Waals surface area contributed by atoms with Gasteiger partial charge in [0.25, 0.3) is 5.56 Å². The van der Waals surface area contributed by atoms with E-state index in [4.69, 9.17) is 39.5 Å². The number of nitrogens with zero attached hydrogens (tertiary/aromatic N) is 1. The first-order valence-corrected chi connectivity index (χ1v) is 11.5. The molecule has 7 N–H and O–H groups in total. The number of pyridine rings is 1. The number of nitrogens with one attached hydrogen (secondary N) is 3. The lowest BCUT2D eigenvalue weighted by Gasteiger charge is -2.13. The minimum atomic E-state index is -4.06. The highest BCUT2D eigenvalue weighted by Gasteiger charge is 2.20. The number of benzene rings is 1. The number of anilines is 1. The average molecular weight is 505 g/mol. The Morgan fingerprint density at radius 3 is 2.66 bits per heavy atom. The molecule has 14 heteroatoms. The number of aromatic amines is 1. The van der Waals surface area contributed by atoms with Gasteiger partial charge in [-0.1, -0.05) is 35.3 Å². The van der Waals surface area contributed by atoms with Crippen LogP contribution in [-0.2, 0) is 31.8 Å². The highest BCUT2D eigenvalue weighted by molar-refractivity contribution is 7.91. The second kappa shape index (κ2) is 11.1. The largest absolute Gasteiger partial charge is 0.391 e. The first kappa shape index (κ1) is 25.3. The monoisotopic (exact) mass is 504 g/mol. The lowest BCUT2D eigenvalue weighted by molar-refractivity contribution is -0.120. The molecule has 0 atom stereocenters. The van der Waals surface area contributed by atoms with Crippen molar-refractivity contribution < 1.29 is 18.0 Å². The van der Waals surface area contributed by atoms with E-state index in [1.54, 1.807) is 13.0 Å². The average Bonchev–Trinajstić information content (AvgIpc) is 2.67. The van der Waals surface area contributed by atoms with E-state index in [1.165, 1.54) is 18.2 Å². The summed E-state index contributed by atoms with van der Waals surface area (Å²) in [5.74, 6) is -1.25. The smallest absolute Gasteiger partial charge is 0.272 e. The van der Waals surface area contributed by atoms with Crippen molar-refractivity contribution in [1.82, 2.24) is 10.3 Å². The predicted molar refractivity (Wildman–Crippen MR) is 123 cm³/mol. The number of hydrogen-bond donors (Lipinski definition) is 5. The lowest BCUT2D eigenvalue weighted by atomic mass is 10.1. The van der Waals surface area contributed by atoms with E-state index in [2.05, 4.69) is 20.2 Å². The molecule has 0 saturated heterocycles. The molecule has 0 spiro atoms. The molecule has 0 bridgehead atoms. The van der Waals surface area contributed by atoms with E-state index < -0.39 is 27.2 Å². The van der Waals surface area contributed by atoms with Gasteiger partial charge in [-0.2, -0.15) is 0 Å². The number of aromatic nitrogens is 1. The van der Waals surface area contributed by atoms with Gasteiger partial charge in [-0.05, 0) is 35.3 Å². The number of sulfonamides is 1. The van der Waals surface area contributed by atoms with Crippen LogP contribution in [0.4, 0.5) is 5.69 Å². The molecule has 1 aromatic heterocycles. The molecule has 174 valence electrons. The van der Waals surface area contributed by atoms with Gasteiger partial charge in [0.15, 0.2) is 0 Å².